The summed E-state index contributed by atoms with van der Waals surface area (Å²) in [6.45, 7) is 0. The minimum absolute atomic E-state index is 0.134. The molecule has 2 rings (SSSR count). The highest BCUT2D eigenvalue weighted by atomic mass is 32.2. The molecule has 5 heteroatoms. The zero-order chi connectivity index (χ0) is 12.1. The van der Waals surface area contributed by atoms with E-state index >= 15 is 0 Å². The van der Waals surface area contributed by atoms with Crippen LogP contribution in [-0.2, 0) is 5.75 Å². The summed E-state index contributed by atoms with van der Waals surface area (Å²) >= 11 is 1.76. The van der Waals surface area contributed by atoms with Crippen molar-refractivity contribution in [1.82, 2.24) is 10.2 Å². The van der Waals surface area contributed by atoms with Crippen LogP contribution in [0.5, 0.6) is 0 Å². The SMILES string of the molecule is CSCc1ccc(C(=O)Nc2ccn[nH]2)cc1. The zero-order valence-electron chi connectivity index (χ0n) is 9.43. The van der Waals surface area contributed by atoms with E-state index in [2.05, 4.69) is 21.8 Å². The Bertz CT molecular complexity index is 479. The van der Waals surface area contributed by atoms with Crippen molar-refractivity contribution >= 4 is 23.5 Å². The minimum Gasteiger partial charge on any atom is -0.307 e. The molecule has 0 spiro atoms. The van der Waals surface area contributed by atoms with E-state index < -0.39 is 0 Å². The van der Waals surface area contributed by atoms with E-state index in [1.54, 1.807) is 24.0 Å². The highest BCUT2D eigenvalue weighted by molar-refractivity contribution is 7.97. The first-order chi connectivity index (χ1) is 8.29. The van der Waals surface area contributed by atoms with Gasteiger partial charge in [-0.25, -0.2) is 0 Å². The third kappa shape index (κ3) is 3.10. The minimum atomic E-state index is -0.134. The molecule has 1 aromatic carbocycles. The maximum Gasteiger partial charge on any atom is 0.256 e. The first kappa shape index (κ1) is 11.7. The normalized spacial score (nSPS) is 10.2. The molecule has 0 saturated heterocycles. The number of aromatic amines is 1. The number of nitrogens with one attached hydrogen (secondary N) is 2. The van der Waals surface area contributed by atoms with Crippen LogP contribution in [0.15, 0.2) is 36.5 Å². The molecule has 1 aromatic heterocycles. The molecule has 0 radical (unpaired) electrons. The number of hydrogen-bond donors (Lipinski definition) is 2. The molecule has 2 aromatic rings. The quantitative estimate of drug-likeness (QED) is 0.872. The van der Waals surface area contributed by atoms with E-state index in [0.29, 0.717) is 11.4 Å². The van der Waals surface area contributed by atoms with Gasteiger partial charge in [0.05, 0.1) is 6.20 Å². The molecule has 4 nitrogen and oxygen atoms in total. The van der Waals surface area contributed by atoms with Gasteiger partial charge in [-0.2, -0.15) is 16.9 Å². The van der Waals surface area contributed by atoms with E-state index in [1.165, 1.54) is 5.56 Å². The van der Waals surface area contributed by atoms with Crippen molar-refractivity contribution in [3.8, 4) is 0 Å². The average molecular weight is 247 g/mol. The van der Waals surface area contributed by atoms with Crippen molar-refractivity contribution in [2.24, 2.45) is 0 Å². The summed E-state index contributed by atoms with van der Waals surface area (Å²) in [5.74, 6) is 1.43. The number of carbonyl (C=O) groups excluding carboxylic acids is 1. The molecule has 2 N–H and O–H groups in total. The highest BCUT2D eigenvalue weighted by Crippen LogP contribution is 2.11. The maximum absolute atomic E-state index is 11.8. The first-order valence-corrected chi connectivity index (χ1v) is 6.57. The molecule has 0 atom stereocenters. The molecule has 1 heterocycles. The zero-order valence-corrected chi connectivity index (χ0v) is 10.3. The first-order valence-electron chi connectivity index (χ1n) is 5.18. The van der Waals surface area contributed by atoms with Gasteiger partial charge in [-0.05, 0) is 24.0 Å². The lowest BCUT2D eigenvalue weighted by Gasteiger charge is -2.03. The topological polar surface area (TPSA) is 57.8 Å². The molecular formula is C12H13N3OS. The van der Waals surface area contributed by atoms with E-state index in [4.69, 9.17) is 0 Å². The fourth-order valence-corrected chi connectivity index (χ4v) is 1.96. The van der Waals surface area contributed by atoms with Gasteiger partial charge in [-0.1, -0.05) is 12.1 Å². The van der Waals surface area contributed by atoms with Gasteiger partial charge in [0, 0.05) is 17.4 Å². The lowest BCUT2D eigenvalue weighted by molar-refractivity contribution is 0.102. The van der Waals surface area contributed by atoms with Gasteiger partial charge in [-0.15, -0.1) is 0 Å². The third-order valence-corrected chi connectivity index (χ3v) is 2.90. The third-order valence-electron chi connectivity index (χ3n) is 2.28. The number of carbonyl (C=O) groups is 1. The second-order valence-electron chi connectivity index (χ2n) is 3.55. The lowest BCUT2D eigenvalue weighted by Crippen LogP contribution is -2.12. The molecule has 0 fully saturated rings. The molecule has 0 aliphatic rings. The Labute approximate surface area is 104 Å². The molecule has 0 unspecified atom stereocenters. The van der Waals surface area contributed by atoms with Crippen molar-refractivity contribution in [3.05, 3.63) is 47.7 Å². The van der Waals surface area contributed by atoms with E-state index in [-0.39, 0.29) is 5.91 Å². The molecule has 0 saturated carbocycles. The number of thioether (sulfide) groups is 1. The van der Waals surface area contributed by atoms with Gasteiger partial charge >= 0.3 is 0 Å². The van der Waals surface area contributed by atoms with E-state index in [1.807, 2.05) is 24.3 Å². The molecule has 0 aliphatic heterocycles. The molecule has 1 amide bonds. The summed E-state index contributed by atoms with van der Waals surface area (Å²) < 4.78 is 0. The second-order valence-corrected chi connectivity index (χ2v) is 4.42. The standard InChI is InChI=1S/C12H13N3OS/c1-17-8-9-2-4-10(5-3-9)12(16)14-11-6-7-13-15-11/h2-7H,8H2,1H3,(H2,13,14,15,16). The highest BCUT2D eigenvalue weighted by Gasteiger charge is 2.06. The van der Waals surface area contributed by atoms with E-state index in [9.17, 15) is 4.79 Å². The van der Waals surface area contributed by atoms with Crippen LogP contribution in [0.1, 0.15) is 15.9 Å². The van der Waals surface area contributed by atoms with E-state index in [0.717, 1.165) is 5.75 Å². The Kier molecular flexibility index (Phi) is 3.82. The van der Waals surface area contributed by atoms with Gasteiger partial charge in [0.2, 0.25) is 0 Å². The molecule has 0 bridgehead atoms. The summed E-state index contributed by atoms with van der Waals surface area (Å²) in [6, 6.07) is 9.31. The van der Waals surface area contributed by atoms with Crippen LogP contribution in [0, 0.1) is 0 Å². The number of benzene rings is 1. The second kappa shape index (κ2) is 5.54. The van der Waals surface area contributed by atoms with Crippen LogP contribution < -0.4 is 5.32 Å². The summed E-state index contributed by atoms with van der Waals surface area (Å²) in [6.07, 6.45) is 3.65. The summed E-state index contributed by atoms with van der Waals surface area (Å²) in [7, 11) is 0. The molecule has 17 heavy (non-hydrogen) atoms. The Morgan fingerprint density at radius 3 is 2.71 bits per heavy atom. The van der Waals surface area contributed by atoms with Gasteiger partial charge in [-0.3, -0.25) is 9.89 Å². The van der Waals surface area contributed by atoms with Crippen molar-refractivity contribution < 1.29 is 4.79 Å². The number of aromatic nitrogens is 2. The predicted molar refractivity (Wildman–Crippen MR) is 70.2 cm³/mol. The molecular weight excluding hydrogens is 234 g/mol. The fourth-order valence-electron chi connectivity index (χ4n) is 1.44. The van der Waals surface area contributed by atoms with Crippen LogP contribution in [0.25, 0.3) is 0 Å². The largest absolute Gasteiger partial charge is 0.307 e. The van der Waals surface area contributed by atoms with Gasteiger partial charge in [0.1, 0.15) is 5.82 Å². The summed E-state index contributed by atoms with van der Waals surface area (Å²) in [4.78, 5) is 11.8. The van der Waals surface area contributed by atoms with Crippen LogP contribution in [0.3, 0.4) is 0 Å². The van der Waals surface area contributed by atoms with Crippen molar-refractivity contribution in [3.63, 3.8) is 0 Å². The Morgan fingerprint density at radius 1 is 1.35 bits per heavy atom. The smallest absolute Gasteiger partial charge is 0.256 e. The molecule has 88 valence electrons. The van der Waals surface area contributed by atoms with Crippen molar-refractivity contribution in [2.75, 3.05) is 11.6 Å². The monoisotopic (exact) mass is 247 g/mol. The number of hydrogen-bond acceptors (Lipinski definition) is 3. The Morgan fingerprint density at radius 2 is 2.12 bits per heavy atom. The number of nitrogens with zero attached hydrogens (tertiary/aromatic N) is 1. The lowest BCUT2D eigenvalue weighted by atomic mass is 10.1. The predicted octanol–water partition coefficient (Wildman–Crippen LogP) is 2.53. The van der Waals surface area contributed by atoms with Crippen LogP contribution in [0.2, 0.25) is 0 Å². The van der Waals surface area contributed by atoms with Crippen molar-refractivity contribution in [2.45, 2.75) is 5.75 Å². The number of amides is 1. The Balaban J connectivity index is 2.04. The Hall–Kier alpha value is -1.75. The van der Waals surface area contributed by atoms with Crippen LogP contribution >= 0.6 is 11.8 Å². The number of H-pyrrole nitrogens is 1. The fraction of sp³-hybridized carbons (Fsp3) is 0.167. The van der Waals surface area contributed by atoms with Gasteiger partial charge in [0.25, 0.3) is 5.91 Å². The van der Waals surface area contributed by atoms with Crippen molar-refractivity contribution in [1.29, 1.82) is 0 Å². The summed E-state index contributed by atoms with van der Waals surface area (Å²) in [5.41, 5.74) is 1.86. The average Bonchev–Trinajstić information content (AvgIpc) is 2.83. The number of rotatable bonds is 4. The van der Waals surface area contributed by atoms with Gasteiger partial charge < -0.3 is 5.32 Å². The summed E-state index contributed by atoms with van der Waals surface area (Å²) in [5, 5.41) is 9.18. The van der Waals surface area contributed by atoms with Crippen LogP contribution in [0.4, 0.5) is 5.82 Å². The maximum atomic E-state index is 11.8. The van der Waals surface area contributed by atoms with Gasteiger partial charge in [0.15, 0.2) is 0 Å². The molecule has 0 aliphatic carbocycles. The number of anilines is 1. The van der Waals surface area contributed by atoms with Crippen LogP contribution in [-0.4, -0.2) is 22.4 Å².